The lowest BCUT2D eigenvalue weighted by atomic mass is 10.1. The second kappa shape index (κ2) is 4.52. The first-order valence-electron chi connectivity index (χ1n) is 6.43. The van der Waals surface area contributed by atoms with Gasteiger partial charge >= 0.3 is 0 Å². The second-order valence-corrected chi connectivity index (χ2v) is 5.00. The number of nitrogens with one attached hydrogen (secondary N) is 2. The molecule has 2 N–H and O–H groups in total. The van der Waals surface area contributed by atoms with E-state index in [1.54, 1.807) is 6.20 Å². The van der Waals surface area contributed by atoms with Gasteiger partial charge in [0, 0.05) is 23.8 Å². The molecule has 5 nitrogen and oxygen atoms in total. The molecule has 1 aromatic carbocycles. The van der Waals surface area contributed by atoms with E-state index in [1.165, 1.54) is 0 Å². The minimum absolute atomic E-state index is 0.105. The fourth-order valence-corrected chi connectivity index (χ4v) is 2.26. The van der Waals surface area contributed by atoms with Gasteiger partial charge in [-0.3, -0.25) is 9.89 Å². The lowest BCUT2D eigenvalue weighted by molar-refractivity contribution is 0.101. The lowest BCUT2D eigenvalue weighted by Crippen LogP contribution is -2.16. The van der Waals surface area contributed by atoms with E-state index in [0.29, 0.717) is 5.69 Å². The monoisotopic (exact) mass is 268 g/mol. The smallest absolute Gasteiger partial charge is 0.272 e. The first-order valence-corrected chi connectivity index (χ1v) is 6.43. The number of aryl methyl sites for hydroxylation is 2. The van der Waals surface area contributed by atoms with Crippen molar-refractivity contribution in [3.05, 3.63) is 47.4 Å². The molecule has 0 aliphatic carbocycles. The van der Waals surface area contributed by atoms with Crippen LogP contribution in [0.3, 0.4) is 0 Å². The van der Waals surface area contributed by atoms with Gasteiger partial charge in [-0.15, -0.1) is 0 Å². The van der Waals surface area contributed by atoms with E-state index in [9.17, 15) is 4.79 Å². The number of benzene rings is 1. The van der Waals surface area contributed by atoms with Gasteiger partial charge in [0.1, 0.15) is 5.69 Å². The average molecular weight is 268 g/mol. The molecular formula is C15H16N4O. The molecule has 0 radical (unpaired) electrons. The molecule has 0 unspecified atom stereocenters. The third-order valence-corrected chi connectivity index (χ3v) is 3.64. The fraction of sp³-hybridized carbons (Fsp3) is 0.200. The number of amides is 1. The molecule has 5 heteroatoms. The lowest BCUT2D eigenvalue weighted by Gasteiger charge is -2.10. The van der Waals surface area contributed by atoms with E-state index < -0.39 is 0 Å². The number of aromatic nitrogens is 3. The number of carbonyl (C=O) groups excluding carboxylic acids is 1. The Kier molecular flexibility index (Phi) is 2.82. The van der Waals surface area contributed by atoms with E-state index in [4.69, 9.17) is 0 Å². The van der Waals surface area contributed by atoms with Gasteiger partial charge < -0.3 is 9.88 Å². The van der Waals surface area contributed by atoms with E-state index in [1.807, 2.05) is 49.7 Å². The van der Waals surface area contributed by atoms with Crippen molar-refractivity contribution in [2.45, 2.75) is 13.8 Å². The Hall–Kier alpha value is -2.56. The quantitative estimate of drug-likeness (QED) is 0.750. The van der Waals surface area contributed by atoms with Crippen molar-refractivity contribution in [2.24, 2.45) is 7.05 Å². The van der Waals surface area contributed by atoms with Crippen LogP contribution >= 0.6 is 0 Å². The number of aromatic amines is 1. The Balaban J connectivity index is 1.94. The zero-order valence-corrected chi connectivity index (χ0v) is 11.7. The Labute approximate surface area is 116 Å². The van der Waals surface area contributed by atoms with Gasteiger partial charge in [0.25, 0.3) is 5.91 Å². The van der Waals surface area contributed by atoms with Gasteiger partial charge in [-0.2, -0.15) is 5.10 Å². The van der Waals surface area contributed by atoms with Crippen LogP contribution in [0.5, 0.6) is 0 Å². The number of anilines is 1. The molecule has 0 fully saturated rings. The summed E-state index contributed by atoms with van der Waals surface area (Å²) in [7, 11) is 1.89. The number of carbonyl (C=O) groups is 1. The summed E-state index contributed by atoms with van der Waals surface area (Å²) >= 11 is 0. The van der Waals surface area contributed by atoms with Crippen LogP contribution in [0.1, 0.15) is 21.7 Å². The van der Waals surface area contributed by atoms with Crippen molar-refractivity contribution in [3.8, 4) is 0 Å². The third kappa shape index (κ3) is 1.97. The minimum Gasteiger partial charge on any atom is -0.344 e. The maximum absolute atomic E-state index is 12.3. The van der Waals surface area contributed by atoms with Crippen LogP contribution in [0.25, 0.3) is 10.9 Å². The van der Waals surface area contributed by atoms with Crippen LogP contribution in [0.2, 0.25) is 0 Å². The Morgan fingerprint density at radius 3 is 2.80 bits per heavy atom. The molecule has 20 heavy (non-hydrogen) atoms. The average Bonchev–Trinajstić information content (AvgIpc) is 2.98. The molecule has 102 valence electrons. The highest BCUT2D eigenvalue weighted by molar-refractivity contribution is 6.04. The summed E-state index contributed by atoms with van der Waals surface area (Å²) in [6.07, 6.45) is 1.75. The van der Waals surface area contributed by atoms with Gasteiger partial charge in [-0.05, 0) is 43.7 Å². The summed E-state index contributed by atoms with van der Waals surface area (Å²) in [4.78, 5) is 12.3. The molecule has 0 spiro atoms. The fourth-order valence-electron chi connectivity index (χ4n) is 2.26. The van der Waals surface area contributed by atoms with E-state index >= 15 is 0 Å². The van der Waals surface area contributed by atoms with E-state index in [2.05, 4.69) is 15.5 Å². The molecule has 1 amide bonds. The summed E-state index contributed by atoms with van der Waals surface area (Å²) in [5.74, 6) is -0.105. The molecule has 3 aromatic rings. The van der Waals surface area contributed by atoms with Crippen molar-refractivity contribution >= 4 is 22.5 Å². The molecule has 3 rings (SSSR count). The number of H-pyrrole nitrogens is 1. The van der Waals surface area contributed by atoms with Gasteiger partial charge in [-0.25, -0.2) is 0 Å². The van der Waals surface area contributed by atoms with Crippen LogP contribution in [0.4, 0.5) is 5.69 Å². The second-order valence-electron chi connectivity index (χ2n) is 5.00. The number of hydrogen-bond acceptors (Lipinski definition) is 2. The highest BCUT2D eigenvalue weighted by Gasteiger charge is 2.12. The maximum Gasteiger partial charge on any atom is 0.272 e. The van der Waals surface area contributed by atoms with Crippen molar-refractivity contribution in [3.63, 3.8) is 0 Å². The number of rotatable bonds is 2. The SMILES string of the molecule is Cc1cc2[nH]ncc2cc1NC(=O)c1ccc(C)n1C. The summed E-state index contributed by atoms with van der Waals surface area (Å²) in [5.41, 5.74) is 4.48. The zero-order valence-electron chi connectivity index (χ0n) is 11.7. The predicted molar refractivity (Wildman–Crippen MR) is 78.9 cm³/mol. The van der Waals surface area contributed by atoms with Crippen molar-refractivity contribution < 1.29 is 4.79 Å². The highest BCUT2D eigenvalue weighted by Crippen LogP contribution is 2.22. The highest BCUT2D eigenvalue weighted by atomic mass is 16.1. The molecule has 0 aliphatic rings. The van der Waals surface area contributed by atoms with Crippen molar-refractivity contribution in [1.82, 2.24) is 14.8 Å². The van der Waals surface area contributed by atoms with Crippen molar-refractivity contribution in [2.75, 3.05) is 5.32 Å². The largest absolute Gasteiger partial charge is 0.344 e. The molecule has 0 atom stereocenters. The Bertz CT molecular complexity index is 797. The standard InChI is InChI=1S/C15H16N4O/c1-9-6-13-11(8-16-18-13)7-12(9)17-15(20)14-5-4-10(2)19(14)3/h4-8H,1-3H3,(H,16,18)(H,17,20). The summed E-state index contributed by atoms with van der Waals surface area (Å²) in [5, 5.41) is 10.9. The molecule has 0 saturated heterocycles. The Morgan fingerprint density at radius 2 is 2.10 bits per heavy atom. The maximum atomic E-state index is 12.3. The van der Waals surface area contributed by atoms with Crippen LogP contribution < -0.4 is 5.32 Å². The third-order valence-electron chi connectivity index (χ3n) is 3.64. The minimum atomic E-state index is -0.105. The van der Waals surface area contributed by atoms with Gasteiger partial charge in [0.15, 0.2) is 0 Å². The van der Waals surface area contributed by atoms with Crippen LogP contribution in [-0.2, 0) is 7.05 Å². The van der Waals surface area contributed by atoms with E-state index in [-0.39, 0.29) is 5.91 Å². The first-order chi connectivity index (χ1) is 9.56. The molecule has 0 aliphatic heterocycles. The molecule has 0 saturated carbocycles. The van der Waals surface area contributed by atoms with Gasteiger partial charge in [0.05, 0.1) is 11.7 Å². The topological polar surface area (TPSA) is 62.7 Å². The number of nitrogens with zero attached hydrogens (tertiary/aromatic N) is 2. The first kappa shape index (κ1) is 12.5. The predicted octanol–water partition coefficient (Wildman–Crippen LogP) is 2.77. The molecule has 2 heterocycles. The summed E-state index contributed by atoms with van der Waals surface area (Å²) in [6, 6.07) is 7.67. The van der Waals surface area contributed by atoms with Crippen LogP contribution in [0, 0.1) is 13.8 Å². The number of fused-ring (bicyclic) bond motifs is 1. The summed E-state index contributed by atoms with van der Waals surface area (Å²) in [6.45, 7) is 3.94. The van der Waals surface area contributed by atoms with Crippen LogP contribution in [-0.4, -0.2) is 20.7 Å². The summed E-state index contributed by atoms with van der Waals surface area (Å²) < 4.78 is 1.88. The normalized spacial score (nSPS) is 10.9. The zero-order chi connectivity index (χ0) is 14.3. The van der Waals surface area contributed by atoms with Crippen LogP contribution in [0.15, 0.2) is 30.5 Å². The van der Waals surface area contributed by atoms with Crippen molar-refractivity contribution in [1.29, 1.82) is 0 Å². The molecule has 0 bridgehead atoms. The molecule has 2 aromatic heterocycles. The molecular weight excluding hydrogens is 252 g/mol. The van der Waals surface area contributed by atoms with Gasteiger partial charge in [0.2, 0.25) is 0 Å². The number of hydrogen-bond donors (Lipinski definition) is 2. The van der Waals surface area contributed by atoms with E-state index in [0.717, 1.165) is 27.8 Å². The Morgan fingerprint density at radius 1 is 1.30 bits per heavy atom. The van der Waals surface area contributed by atoms with Gasteiger partial charge in [-0.1, -0.05) is 0 Å².